The Morgan fingerprint density at radius 1 is 1.36 bits per heavy atom. The monoisotopic (exact) mass is 309 g/mol. The fraction of sp³-hybridized carbons (Fsp3) is 0.812. The van der Waals surface area contributed by atoms with Gasteiger partial charge in [-0.3, -0.25) is 4.79 Å². The second-order valence-corrected chi connectivity index (χ2v) is 6.03. The smallest absolute Gasteiger partial charge is 0.249 e. The number of rotatable bonds is 6. The van der Waals surface area contributed by atoms with Gasteiger partial charge in [0.05, 0.1) is 12.1 Å². The van der Waals surface area contributed by atoms with Gasteiger partial charge in [-0.2, -0.15) is 4.98 Å². The maximum absolute atomic E-state index is 12.3. The summed E-state index contributed by atoms with van der Waals surface area (Å²) in [4.78, 5) is 16.5. The van der Waals surface area contributed by atoms with E-state index in [2.05, 4.69) is 15.5 Å². The highest BCUT2D eigenvalue weighted by Gasteiger charge is 2.24. The number of carbonyl (C=O) groups excluding carboxylic acids is 1. The second-order valence-electron chi connectivity index (χ2n) is 6.03. The number of aromatic nitrogens is 2. The first-order chi connectivity index (χ1) is 10.6. The molecule has 6 nitrogen and oxygen atoms in total. The fourth-order valence-electron chi connectivity index (χ4n) is 2.82. The van der Waals surface area contributed by atoms with Gasteiger partial charge in [-0.15, -0.1) is 0 Å². The zero-order valence-electron chi connectivity index (χ0n) is 13.8. The number of ether oxygens (including phenoxy) is 1. The molecule has 2 rings (SSSR count). The van der Waals surface area contributed by atoms with E-state index in [9.17, 15) is 4.79 Å². The molecule has 0 radical (unpaired) electrons. The maximum atomic E-state index is 12.3. The van der Waals surface area contributed by atoms with E-state index in [1.165, 1.54) is 25.7 Å². The summed E-state index contributed by atoms with van der Waals surface area (Å²) < 4.78 is 10.9. The van der Waals surface area contributed by atoms with Gasteiger partial charge in [0.25, 0.3) is 0 Å². The van der Waals surface area contributed by atoms with Crippen molar-refractivity contribution in [2.75, 3.05) is 0 Å². The zero-order chi connectivity index (χ0) is 15.9. The van der Waals surface area contributed by atoms with E-state index in [0.717, 1.165) is 12.8 Å². The molecule has 0 aromatic carbocycles. The highest BCUT2D eigenvalue weighted by molar-refractivity contribution is 5.80. The lowest BCUT2D eigenvalue weighted by atomic mass is 10.1. The van der Waals surface area contributed by atoms with Crippen molar-refractivity contribution < 1.29 is 14.1 Å². The first kappa shape index (κ1) is 16.9. The van der Waals surface area contributed by atoms with E-state index < -0.39 is 6.10 Å². The van der Waals surface area contributed by atoms with Crippen LogP contribution < -0.4 is 5.32 Å². The van der Waals surface area contributed by atoms with Gasteiger partial charge >= 0.3 is 0 Å². The summed E-state index contributed by atoms with van der Waals surface area (Å²) in [6.07, 6.45) is 7.50. The molecule has 0 unspecified atom stereocenters. The molecule has 0 spiro atoms. The van der Waals surface area contributed by atoms with Crippen molar-refractivity contribution in [3.05, 3.63) is 11.7 Å². The Kier molecular flexibility index (Phi) is 6.36. The van der Waals surface area contributed by atoms with Crippen molar-refractivity contribution in [1.29, 1.82) is 0 Å². The van der Waals surface area contributed by atoms with Gasteiger partial charge in [0.1, 0.15) is 6.10 Å². The van der Waals surface area contributed by atoms with Crippen molar-refractivity contribution in [1.82, 2.24) is 15.5 Å². The molecule has 6 heteroatoms. The van der Waals surface area contributed by atoms with Crippen LogP contribution in [-0.4, -0.2) is 28.3 Å². The minimum absolute atomic E-state index is 0.112. The van der Waals surface area contributed by atoms with Crippen LogP contribution in [0.2, 0.25) is 0 Å². The zero-order valence-corrected chi connectivity index (χ0v) is 13.8. The summed E-state index contributed by atoms with van der Waals surface area (Å²) >= 11 is 0. The lowest BCUT2D eigenvalue weighted by Crippen LogP contribution is -2.39. The third-order valence-electron chi connectivity index (χ3n) is 4.15. The molecule has 1 aromatic heterocycles. The van der Waals surface area contributed by atoms with Crippen molar-refractivity contribution in [2.45, 2.75) is 84.0 Å². The standard InChI is InChI=1S/C16H27N3O3/c1-4-14(15-17-12(3)22-19-15)18-16(20)11(2)21-13-9-7-5-6-8-10-13/h11,13-14H,4-10H2,1-3H3,(H,18,20)/t11-,14-/m1/s1. The van der Waals surface area contributed by atoms with Gasteiger partial charge in [-0.1, -0.05) is 37.8 Å². The molecule has 1 aliphatic rings. The quantitative estimate of drug-likeness (QED) is 0.817. The normalized spacial score (nSPS) is 19.4. The summed E-state index contributed by atoms with van der Waals surface area (Å²) in [7, 11) is 0. The molecule has 1 heterocycles. The molecule has 1 saturated carbocycles. The molecule has 1 aliphatic carbocycles. The molecule has 0 saturated heterocycles. The highest BCUT2D eigenvalue weighted by atomic mass is 16.5. The number of nitrogens with one attached hydrogen (secondary N) is 1. The van der Waals surface area contributed by atoms with Gasteiger partial charge in [-0.05, 0) is 26.2 Å². The lowest BCUT2D eigenvalue weighted by Gasteiger charge is -2.22. The number of amides is 1. The van der Waals surface area contributed by atoms with Crippen LogP contribution in [0.5, 0.6) is 0 Å². The van der Waals surface area contributed by atoms with Gasteiger partial charge in [-0.25, -0.2) is 0 Å². The van der Waals surface area contributed by atoms with Crippen LogP contribution in [0.25, 0.3) is 0 Å². The molecule has 1 fully saturated rings. The van der Waals surface area contributed by atoms with Gasteiger partial charge in [0.2, 0.25) is 11.8 Å². The summed E-state index contributed by atoms with van der Waals surface area (Å²) in [5.41, 5.74) is 0. The molecule has 2 atom stereocenters. The third kappa shape index (κ3) is 4.80. The largest absolute Gasteiger partial charge is 0.365 e. The van der Waals surface area contributed by atoms with Crippen LogP contribution in [0.15, 0.2) is 4.52 Å². The second kappa shape index (κ2) is 8.27. The predicted octanol–water partition coefficient (Wildman–Crippen LogP) is 3.07. The van der Waals surface area contributed by atoms with Crippen LogP contribution in [0.4, 0.5) is 0 Å². The molecule has 124 valence electrons. The number of hydrogen-bond acceptors (Lipinski definition) is 5. The SMILES string of the molecule is CC[C@@H](NC(=O)[C@@H](C)OC1CCCCCC1)c1noc(C)n1. The summed E-state index contributed by atoms with van der Waals surface area (Å²) in [6, 6.07) is -0.231. The minimum Gasteiger partial charge on any atom is -0.365 e. The topological polar surface area (TPSA) is 77.2 Å². The van der Waals surface area contributed by atoms with Crippen molar-refractivity contribution in [2.24, 2.45) is 0 Å². The predicted molar refractivity (Wildman–Crippen MR) is 82.2 cm³/mol. The molecule has 1 amide bonds. The Labute approximate surface area is 132 Å². The van der Waals surface area contributed by atoms with E-state index in [4.69, 9.17) is 9.26 Å². The first-order valence-electron chi connectivity index (χ1n) is 8.36. The molecule has 22 heavy (non-hydrogen) atoms. The Balaban J connectivity index is 1.86. The van der Waals surface area contributed by atoms with Crippen molar-refractivity contribution in [3.8, 4) is 0 Å². The van der Waals surface area contributed by atoms with Crippen molar-refractivity contribution in [3.63, 3.8) is 0 Å². The molecular weight excluding hydrogens is 282 g/mol. The van der Waals surface area contributed by atoms with Crippen LogP contribution in [0, 0.1) is 6.92 Å². The van der Waals surface area contributed by atoms with Crippen LogP contribution in [0.1, 0.15) is 76.6 Å². The molecular formula is C16H27N3O3. The number of hydrogen-bond donors (Lipinski definition) is 1. The average Bonchev–Trinajstić information content (AvgIpc) is 2.77. The minimum atomic E-state index is -0.454. The third-order valence-corrected chi connectivity index (χ3v) is 4.15. The van der Waals surface area contributed by atoms with E-state index in [1.807, 2.05) is 13.8 Å². The number of nitrogens with zero attached hydrogens (tertiary/aromatic N) is 2. The van der Waals surface area contributed by atoms with Gasteiger partial charge < -0.3 is 14.6 Å². The van der Waals surface area contributed by atoms with E-state index in [1.54, 1.807) is 6.92 Å². The van der Waals surface area contributed by atoms with Gasteiger partial charge in [0, 0.05) is 6.92 Å². The maximum Gasteiger partial charge on any atom is 0.249 e. The van der Waals surface area contributed by atoms with E-state index in [-0.39, 0.29) is 18.1 Å². The van der Waals surface area contributed by atoms with Crippen LogP contribution in [-0.2, 0) is 9.53 Å². The Hall–Kier alpha value is -1.43. The highest BCUT2D eigenvalue weighted by Crippen LogP contribution is 2.21. The molecule has 0 bridgehead atoms. The summed E-state index contributed by atoms with van der Waals surface area (Å²) in [5.74, 6) is 0.916. The summed E-state index contributed by atoms with van der Waals surface area (Å²) in [5, 5.41) is 6.84. The molecule has 1 N–H and O–H groups in total. The average molecular weight is 309 g/mol. The summed E-state index contributed by atoms with van der Waals surface area (Å²) in [6.45, 7) is 5.53. The lowest BCUT2D eigenvalue weighted by molar-refractivity contribution is -0.136. The Morgan fingerprint density at radius 2 is 2.05 bits per heavy atom. The van der Waals surface area contributed by atoms with Gasteiger partial charge in [0.15, 0.2) is 5.82 Å². The van der Waals surface area contributed by atoms with E-state index >= 15 is 0 Å². The number of carbonyl (C=O) groups is 1. The van der Waals surface area contributed by atoms with Crippen LogP contribution in [0.3, 0.4) is 0 Å². The number of aryl methyl sites for hydroxylation is 1. The first-order valence-corrected chi connectivity index (χ1v) is 8.36. The van der Waals surface area contributed by atoms with Crippen molar-refractivity contribution >= 4 is 5.91 Å². The molecule has 1 aromatic rings. The van der Waals surface area contributed by atoms with Crippen LogP contribution >= 0.6 is 0 Å². The fourth-order valence-corrected chi connectivity index (χ4v) is 2.82. The Bertz CT molecular complexity index is 467. The Morgan fingerprint density at radius 3 is 2.59 bits per heavy atom. The van der Waals surface area contributed by atoms with E-state index in [0.29, 0.717) is 18.1 Å². The molecule has 0 aliphatic heterocycles.